The van der Waals surface area contributed by atoms with Gasteiger partial charge < -0.3 is 15.4 Å². The summed E-state index contributed by atoms with van der Waals surface area (Å²) in [5.74, 6) is -0.258. The van der Waals surface area contributed by atoms with Gasteiger partial charge in [-0.1, -0.05) is 13.3 Å². The van der Waals surface area contributed by atoms with E-state index in [0.717, 1.165) is 38.8 Å². The summed E-state index contributed by atoms with van der Waals surface area (Å²) >= 11 is 0. The molecular weight excluding hydrogens is 256 g/mol. The van der Waals surface area contributed by atoms with E-state index < -0.39 is 5.54 Å². The molecule has 20 heavy (non-hydrogen) atoms. The second-order valence-corrected chi connectivity index (χ2v) is 6.43. The van der Waals surface area contributed by atoms with Gasteiger partial charge in [0.05, 0.1) is 7.11 Å². The Hall–Kier alpha value is -1.10. The minimum Gasteiger partial charge on any atom is -0.467 e. The van der Waals surface area contributed by atoms with Crippen molar-refractivity contribution in [1.82, 2.24) is 10.6 Å². The molecule has 5 heteroatoms. The van der Waals surface area contributed by atoms with Crippen LogP contribution in [0, 0.1) is 11.3 Å². The van der Waals surface area contributed by atoms with Crippen LogP contribution in [0.5, 0.6) is 0 Å². The van der Waals surface area contributed by atoms with Crippen molar-refractivity contribution in [3.8, 4) is 0 Å². The van der Waals surface area contributed by atoms with Crippen LogP contribution in [0.15, 0.2) is 0 Å². The van der Waals surface area contributed by atoms with Gasteiger partial charge in [-0.25, -0.2) is 4.79 Å². The highest BCUT2D eigenvalue weighted by atomic mass is 16.5. The molecule has 1 heterocycles. The molecule has 2 atom stereocenters. The van der Waals surface area contributed by atoms with Gasteiger partial charge in [-0.05, 0) is 51.1 Å². The first kappa shape index (κ1) is 15.3. The number of ether oxygens (including phenoxy) is 1. The maximum atomic E-state index is 12.5. The van der Waals surface area contributed by atoms with E-state index >= 15 is 0 Å². The standard InChI is InChI=1S/C15H26N2O3/c1-4-5-14(2,13(19)20-3)17-12(18)11-10-15(11)6-8-16-9-7-15/h11,16H,4-10H2,1-3H3,(H,17,18). The summed E-state index contributed by atoms with van der Waals surface area (Å²) in [5.41, 5.74) is -0.699. The number of hydrogen-bond acceptors (Lipinski definition) is 4. The van der Waals surface area contributed by atoms with Crippen LogP contribution < -0.4 is 10.6 Å². The first-order valence-electron chi connectivity index (χ1n) is 7.58. The smallest absolute Gasteiger partial charge is 0.331 e. The zero-order chi connectivity index (χ0) is 14.8. The Morgan fingerprint density at radius 1 is 1.40 bits per heavy atom. The van der Waals surface area contributed by atoms with Crippen molar-refractivity contribution in [3.63, 3.8) is 0 Å². The summed E-state index contributed by atoms with van der Waals surface area (Å²) in [7, 11) is 1.37. The van der Waals surface area contributed by atoms with Gasteiger partial charge in [0.1, 0.15) is 5.54 Å². The number of rotatable bonds is 5. The molecule has 2 aliphatic rings. The lowest BCUT2D eigenvalue weighted by Gasteiger charge is -2.29. The van der Waals surface area contributed by atoms with Crippen LogP contribution in [0.4, 0.5) is 0 Å². The number of methoxy groups -OCH3 is 1. The molecule has 2 unspecified atom stereocenters. The monoisotopic (exact) mass is 282 g/mol. The minimum absolute atomic E-state index is 0.0215. The first-order chi connectivity index (χ1) is 9.47. The van der Waals surface area contributed by atoms with Crippen LogP contribution in [-0.4, -0.2) is 37.6 Å². The minimum atomic E-state index is -0.892. The number of amides is 1. The fraction of sp³-hybridized carbons (Fsp3) is 0.867. The number of hydrogen-bond donors (Lipinski definition) is 2. The Morgan fingerprint density at radius 3 is 2.60 bits per heavy atom. The topological polar surface area (TPSA) is 67.4 Å². The van der Waals surface area contributed by atoms with Crippen LogP contribution in [0.2, 0.25) is 0 Å². The van der Waals surface area contributed by atoms with Gasteiger partial charge in [-0.3, -0.25) is 4.79 Å². The highest BCUT2D eigenvalue weighted by molar-refractivity contribution is 5.90. The predicted molar refractivity (Wildman–Crippen MR) is 76.1 cm³/mol. The molecule has 1 saturated carbocycles. The molecule has 0 radical (unpaired) electrons. The van der Waals surface area contributed by atoms with Crippen LogP contribution in [0.3, 0.4) is 0 Å². The summed E-state index contributed by atoms with van der Waals surface area (Å²) in [5, 5.41) is 6.27. The quantitative estimate of drug-likeness (QED) is 0.744. The fourth-order valence-corrected chi connectivity index (χ4v) is 3.50. The molecule has 1 spiro atoms. The Balaban J connectivity index is 1.98. The maximum absolute atomic E-state index is 12.5. The third kappa shape index (κ3) is 2.82. The molecule has 2 fully saturated rings. The van der Waals surface area contributed by atoms with Crippen LogP contribution >= 0.6 is 0 Å². The number of piperidine rings is 1. The lowest BCUT2D eigenvalue weighted by Crippen LogP contribution is -2.53. The van der Waals surface area contributed by atoms with E-state index in [1.54, 1.807) is 6.92 Å². The van der Waals surface area contributed by atoms with Crippen molar-refractivity contribution in [2.24, 2.45) is 11.3 Å². The summed E-state index contributed by atoms with van der Waals surface area (Å²) in [4.78, 5) is 24.4. The van der Waals surface area contributed by atoms with Crippen molar-refractivity contribution in [2.45, 2.75) is 51.5 Å². The summed E-state index contributed by atoms with van der Waals surface area (Å²) in [6.07, 6.45) is 4.52. The summed E-state index contributed by atoms with van der Waals surface area (Å²) in [6, 6.07) is 0. The van der Waals surface area contributed by atoms with Gasteiger partial charge in [-0.2, -0.15) is 0 Å². The zero-order valence-corrected chi connectivity index (χ0v) is 12.8. The molecule has 0 aromatic rings. The fourth-order valence-electron chi connectivity index (χ4n) is 3.50. The van der Waals surface area contributed by atoms with E-state index in [-0.39, 0.29) is 23.2 Å². The lowest BCUT2D eigenvalue weighted by molar-refractivity contribution is -0.150. The maximum Gasteiger partial charge on any atom is 0.331 e. The molecule has 1 amide bonds. The normalized spacial score (nSPS) is 26.6. The Morgan fingerprint density at radius 2 is 2.05 bits per heavy atom. The lowest BCUT2D eigenvalue weighted by atomic mass is 9.90. The molecule has 1 aliphatic heterocycles. The highest BCUT2D eigenvalue weighted by Gasteiger charge is 2.58. The second-order valence-electron chi connectivity index (χ2n) is 6.43. The molecule has 0 aromatic heterocycles. The van der Waals surface area contributed by atoms with Gasteiger partial charge in [0.15, 0.2) is 0 Å². The number of carbonyl (C=O) groups is 2. The van der Waals surface area contributed by atoms with Gasteiger partial charge in [-0.15, -0.1) is 0 Å². The Labute approximate surface area is 120 Å². The van der Waals surface area contributed by atoms with Gasteiger partial charge >= 0.3 is 5.97 Å². The molecular formula is C15H26N2O3. The van der Waals surface area contributed by atoms with Crippen LogP contribution in [-0.2, 0) is 14.3 Å². The van der Waals surface area contributed by atoms with Gasteiger partial charge in [0, 0.05) is 5.92 Å². The van der Waals surface area contributed by atoms with E-state index in [9.17, 15) is 9.59 Å². The van der Waals surface area contributed by atoms with Crippen molar-refractivity contribution < 1.29 is 14.3 Å². The molecule has 1 saturated heterocycles. The van der Waals surface area contributed by atoms with Gasteiger partial charge in [0.2, 0.25) is 5.91 Å². The first-order valence-corrected chi connectivity index (χ1v) is 7.58. The summed E-state index contributed by atoms with van der Waals surface area (Å²) in [6.45, 7) is 5.75. The van der Waals surface area contributed by atoms with Crippen molar-refractivity contribution in [2.75, 3.05) is 20.2 Å². The average molecular weight is 282 g/mol. The molecule has 0 bridgehead atoms. The van der Waals surface area contributed by atoms with Gasteiger partial charge in [0.25, 0.3) is 0 Å². The summed E-state index contributed by atoms with van der Waals surface area (Å²) < 4.78 is 4.84. The number of nitrogens with one attached hydrogen (secondary N) is 2. The third-order valence-corrected chi connectivity index (χ3v) is 4.89. The van der Waals surface area contributed by atoms with Crippen molar-refractivity contribution in [1.29, 1.82) is 0 Å². The van der Waals surface area contributed by atoms with E-state index in [2.05, 4.69) is 10.6 Å². The SMILES string of the molecule is CCCC(C)(NC(=O)C1CC12CCNCC2)C(=O)OC. The molecule has 5 nitrogen and oxygen atoms in total. The highest BCUT2D eigenvalue weighted by Crippen LogP contribution is 2.58. The predicted octanol–water partition coefficient (Wildman–Crippen LogP) is 1.22. The van der Waals surface area contributed by atoms with E-state index in [4.69, 9.17) is 4.74 Å². The van der Waals surface area contributed by atoms with E-state index in [1.807, 2.05) is 6.92 Å². The molecule has 114 valence electrons. The van der Waals surface area contributed by atoms with E-state index in [1.165, 1.54) is 7.11 Å². The van der Waals surface area contributed by atoms with Crippen molar-refractivity contribution >= 4 is 11.9 Å². The molecule has 1 aliphatic carbocycles. The van der Waals surface area contributed by atoms with Crippen LogP contribution in [0.25, 0.3) is 0 Å². The number of carbonyl (C=O) groups excluding carboxylic acids is 2. The Bertz CT molecular complexity index is 391. The zero-order valence-electron chi connectivity index (χ0n) is 12.8. The van der Waals surface area contributed by atoms with Crippen LogP contribution in [0.1, 0.15) is 46.0 Å². The largest absolute Gasteiger partial charge is 0.467 e. The molecule has 0 aromatic carbocycles. The van der Waals surface area contributed by atoms with E-state index in [0.29, 0.717) is 6.42 Å². The molecule has 2 rings (SSSR count). The Kier molecular flexibility index (Phi) is 4.37. The number of esters is 1. The average Bonchev–Trinajstić information content (AvgIpc) is 3.12. The molecule has 2 N–H and O–H groups in total. The second kappa shape index (κ2) is 5.72. The third-order valence-electron chi connectivity index (χ3n) is 4.89. The van der Waals surface area contributed by atoms with Crippen molar-refractivity contribution in [3.05, 3.63) is 0 Å².